The molecule has 29 heavy (non-hydrogen) atoms. The molecule has 10 heteroatoms. The Balaban J connectivity index is 1.74. The zero-order chi connectivity index (χ0) is 20.4. The van der Waals surface area contributed by atoms with Crippen molar-refractivity contribution in [3.05, 3.63) is 60.6 Å². The number of hydrogen-bond acceptors (Lipinski definition) is 7. The van der Waals surface area contributed by atoms with Gasteiger partial charge in [-0.15, -0.1) is 0 Å². The minimum atomic E-state index is -3.67. The van der Waals surface area contributed by atoms with Crippen molar-refractivity contribution in [2.75, 3.05) is 17.7 Å². The number of nitrogens with zero attached hydrogens (tertiary/aromatic N) is 3. The van der Waals surface area contributed by atoms with Crippen molar-refractivity contribution in [1.29, 1.82) is 0 Å². The molecule has 1 aliphatic heterocycles. The minimum absolute atomic E-state index is 0.218. The molecule has 7 nitrogen and oxygen atoms in total. The Morgan fingerprint density at radius 3 is 2.83 bits per heavy atom. The maximum Gasteiger partial charge on any atom is 0.181 e. The first kappa shape index (κ1) is 19.4. The molecule has 0 saturated heterocycles. The standard InChI is InChI=1S/C19H16FN4O3PS/c1-29(25,26)16-4-2-3-14(20)18(16)27-12-5-6-15-13(9-12)19(23-11-22-15)24-17-10-28-8-7-21-17/h2-9,11,28H,10H2,1H3,(H,21,22,23,24). The van der Waals surface area contributed by atoms with Crippen LogP contribution in [0.25, 0.3) is 10.9 Å². The third-order valence-electron chi connectivity index (χ3n) is 4.11. The summed E-state index contributed by atoms with van der Waals surface area (Å²) in [5.41, 5.74) is 0.654. The van der Waals surface area contributed by atoms with E-state index in [1.807, 2.05) is 5.82 Å². The van der Waals surface area contributed by atoms with Gasteiger partial charge in [-0.25, -0.2) is 27.8 Å². The molecule has 2 aromatic carbocycles. The zero-order valence-electron chi connectivity index (χ0n) is 15.3. The van der Waals surface area contributed by atoms with E-state index in [1.54, 1.807) is 24.4 Å². The lowest BCUT2D eigenvalue weighted by Crippen LogP contribution is -2.16. The molecule has 1 aromatic heterocycles. The van der Waals surface area contributed by atoms with Crippen molar-refractivity contribution in [2.45, 2.75) is 4.90 Å². The number of aromatic nitrogens is 2. The zero-order valence-corrected chi connectivity index (χ0v) is 17.1. The summed E-state index contributed by atoms with van der Waals surface area (Å²) in [4.78, 5) is 12.6. The third kappa shape index (κ3) is 4.26. The van der Waals surface area contributed by atoms with Gasteiger partial charge in [0.2, 0.25) is 0 Å². The van der Waals surface area contributed by atoms with E-state index in [0.717, 1.165) is 24.3 Å². The number of anilines is 1. The first-order valence-corrected chi connectivity index (χ1v) is 11.7. The Hall–Kier alpha value is -2.90. The highest BCUT2D eigenvalue weighted by atomic mass is 32.2. The van der Waals surface area contributed by atoms with Gasteiger partial charge in [0.05, 0.1) is 5.52 Å². The van der Waals surface area contributed by atoms with Crippen molar-refractivity contribution in [3.63, 3.8) is 0 Å². The lowest BCUT2D eigenvalue weighted by molar-refractivity contribution is 0.428. The summed E-state index contributed by atoms with van der Waals surface area (Å²) in [5, 5.41) is 3.83. The van der Waals surface area contributed by atoms with E-state index in [0.29, 0.717) is 25.3 Å². The van der Waals surface area contributed by atoms with E-state index < -0.39 is 15.7 Å². The Bertz CT molecular complexity index is 1260. The van der Waals surface area contributed by atoms with Crippen LogP contribution in [-0.2, 0) is 9.84 Å². The van der Waals surface area contributed by atoms with E-state index in [2.05, 4.69) is 20.3 Å². The number of ether oxygens (including phenoxy) is 1. The molecule has 3 aromatic rings. The minimum Gasteiger partial charge on any atom is -0.453 e. The molecule has 0 bridgehead atoms. The average molecular weight is 430 g/mol. The molecular weight excluding hydrogens is 414 g/mol. The Morgan fingerprint density at radius 2 is 2.07 bits per heavy atom. The fourth-order valence-electron chi connectivity index (χ4n) is 2.79. The van der Waals surface area contributed by atoms with E-state index >= 15 is 0 Å². The highest BCUT2D eigenvalue weighted by Crippen LogP contribution is 2.33. The van der Waals surface area contributed by atoms with Crippen molar-refractivity contribution in [2.24, 2.45) is 4.99 Å². The smallest absolute Gasteiger partial charge is 0.181 e. The molecule has 0 saturated carbocycles. The highest BCUT2D eigenvalue weighted by molar-refractivity contribution is 7.90. The Morgan fingerprint density at radius 1 is 1.21 bits per heavy atom. The number of hydrogen-bond donors (Lipinski definition) is 1. The first-order chi connectivity index (χ1) is 13.9. The van der Waals surface area contributed by atoms with Crippen LogP contribution in [0.3, 0.4) is 0 Å². The largest absolute Gasteiger partial charge is 0.453 e. The molecule has 1 atom stereocenters. The predicted octanol–water partition coefficient (Wildman–Crippen LogP) is 3.94. The van der Waals surface area contributed by atoms with E-state index in [1.165, 1.54) is 18.5 Å². The predicted molar refractivity (Wildman–Crippen MR) is 113 cm³/mol. The van der Waals surface area contributed by atoms with Gasteiger partial charge in [0, 0.05) is 24.0 Å². The van der Waals surface area contributed by atoms with Gasteiger partial charge in [0.1, 0.15) is 28.6 Å². The van der Waals surface area contributed by atoms with Crippen LogP contribution in [0, 0.1) is 5.82 Å². The normalized spacial score (nSPS) is 14.8. The van der Waals surface area contributed by atoms with Crippen LogP contribution in [0.5, 0.6) is 11.5 Å². The molecule has 0 spiro atoms. The number of aliphatic imine (C=N–C) groups is 1. The lowest BCUT2D eigenvalue weighted by atomic mass is 10.2. The fraction of sp³-hybridized carbons (Fsp3) is 0.105. The van der Waals surface area contributed by atoms with Gasteiger partial charge in [-0.05, 0) is 36.1 Å². The van der Waals surface area contributed by atoms with E-state index in [9.17, 15) is 12.8 Å². The summed E-state index contributed by atoms with van der Waals surface area (Å²) in [6.45, 7) is 0. The quantitative estimate of drug-likeness (QED) is 0.631. The van der Waals surface area contributed by atoms with Crippen molar-refractivity contribution in [1.82, 2.24) is 9.97 Å². The SMILES string of the molecule is CS(=O)(=O)c1cccc(F)c1Oc1ccc2ncnc(NC3=NC=CPC3)c2c1. The maximum absolute atomic E-state index is 14.3. The van der Waals surface area contributed by atoms with Crippen LogP contribution in [0.1, 0.15) is 0 Å². The molecule has 0 fully saturated rings. The number of amidine groups is 1. The van der Waals surface area contributed by atoms with Gasteiger partial charge >= 0.3 is 0 Å². The molecule has 1 N–H and O–H groups in total. The van der Waals surface area contributed by atoms with Crippen LogP contribution in [0.2, 0.25) is 0 Å². The van der Waals surface area contributed by atoms with Gasteiger partial charge in [0.25, 0.3) is 0 Å². The van der Waals surface area contributed by atoms with Crippen LogP contribution in [0.4, 0.5) is 10.2 Å². The number of benzene rings is 2. The van der Waals surface area contributed by atoms with Gasteiger partial charge in [-0.1, -0.05) is 14.6 Å². The monoisotopic (exact) mass is 430 g/mol. The van der Waals surface area contributed by atoms with Crippen LogP contribution in [0.15, 0.2) is 64.6 Å². The summed E-state index contributed by atoms with van der Waals surface area (Å²) >= 11 is 0. The molecular formula is C19H16FN4O3PS. The van der Waals surface area contributed by atoms with Crippen molar-refractivity contribution < 1.29 is 17.5 Å². The number of fused-ring (bicyclic) bond motifs is 1. The second kappa shape index (κ2) is 7.85. The topological polar surface area (TPSA) is 93.5 Å². The number of halogens is 1. The third-order valence-corrected chi connectivity index (χ3v) is 6.16. The van der Waals surface area contributed by atoms with Crippen molar-refractivity contribution >= 4 is 41.0 Å². The molecule has 2 heterocycles. The number of sulfone groups is 1. The fourth-order valence-corrected chi connectivity index (χ4v) is 4.26. The average Bonchev–Trinajstić information content (AvgIpc) is 2.70. The molecule has 1 unspecified atom stereocenters. The second-order valence-corrected chi connectivity index (χ2v) is 9.32. The second-order valence-electron chi connectivity index (χ2n) is 6.24. The van der Waals surface area contributed by atoms with Crippen LogP contribution in [-0.4, -0.2) is 36.6 Å². The summed E-state index contributed by atoms with van der Waals surface area (Å²) in [6.07, 6.45) is 4.97. The molecule has 148 valence electrons. The summed E-state index contributed by atoms with van der Waals surface area (Å²) in [6, 6.07) is 8.71. The van der Waals surface area contributed by atoms with Crippen LogP contribution >= 0.6 is 8.58 Å². The molecule has 0 aliphatic carbocycles. The molecule has 0 radical (unpaired) electrons. The number of rotatable bonds is 4. The summed E-state index contributed by atoms with van der Waals surface area (Å²) < 4.78 is 43.9. The number of para-hydroxylation sites is 1. The molecule has 1 aliphatic rings. The van der Waals surface area contributed by atoms with E-state index in [-0.39, 0.29) is 16.4 Å². The molecule has 4 rings (SSSR count). The van der Waals surface area contributed by atoms with Crippen LogP contribution < -0.4 is 10.1 Å². The van der Waals surface area contributed by atoms with E-state index in [4.69, 9.17) is 4.74 Å². The summed E-state index contributed by atoms with van der Waals surface area (Å²) in [5.74, 6) is 2.48. The van der Waals surface area contributed by atoms with Crippen molar-refractivity contribution in [3.8, 4) is 11.5 Å². The lowest BCUT2D eigenvalue weighted by Gasteiger charge is -2.14. The Kier molecular flexibility index (Phi) is 5.25. The molecule has 0 amide bonds. The first-order valence-electron chi connectivity index (χ1n) is 8.55. The number of nitrogens with one attached hydrogen (secondary N) is 1. The Labute approximate surface area is 168 Å². The maximum atomic E-state index is 14.3. The van der Waals surface area contributed by atoms with Gasteiger partial charge in [-0.2, -0.15) is 0 Å². The summed E-state index contributed by atoms with van der Waals surface area (Å²) in [7, 11) is -3.03. The van der Waals surface area contributed by atoms with Gasteiger partial charge < -0.3 is 10.1 Å². The van der Waals surface area contributed by atoms with Gasteiger partial charge in [0.15, 0.2) is 21.4 Å². The van der Waals surface area contributed by atoms with Gasteiger partial charge in [-0.3, -0.25) is 0 Å². The highest BCUT2D eigenvalue weighted by Gasteiger charge is 2.19.